The minimum absolute atomic E-state index is 0.515. The highest BCUT2D eigenvalue weighted by Gasteiger charge is 2.30. The number of nitrogens with one attached hydrogen (secondary N) is 1. The molecule has 7 heteroatoms. The molecule has 0 saturated carbocycles. The number of H-pyrrole nitrogens is 1. The number of benzene rings is 3. The lowest BCUT2D eigenvalue weighted by Crippen LogP contribution is -2.04. The molecule has 0 amide bonds. The van der Waals surface area contributed by atoms with E-state index in [1.807, 2.05) is 30.4 Å². The van der Waals surface area contributed by atoms with Gasteiger partial charge in [0.25, 0.3) is 0 Å². The summed E-state index contributed by atoms with van der Waals surface area (Å²) >= 11 is 12.2. The molecule has 0 aliphatic heterocycles. The van der Waals surface area contributed by atoms with E-state index in [0.29, 0.717) is 27.0 Å². The lowest BCUT2D eigenvalue weighted by Gasteiger charge is -2.09. The molecule has 4 rings (SSSR count). The second kappa shape index (κ2) is 8.61. The van der Waals surface area contributed by atoms with Crippen molar-refractivity contribution in [1.82, 2.24) is 9.97 Å². The maximum Gasteiger partial charge on any atom is 0.416 e. The first-order chi connectivity index (χ1) is 14.8. The SMILES string of the molecule is FC(F)(F)c1cccc(-c2ccc(/C=C/c3ncc(-c4ccc(Cl)cc4Cl)[nH]3)cc2)c1. The van der Waals surface area contributed by atoms with Gasteiger partial charge in [0.2, 0.25) is 0 Å². The van der Waals surface area contributed by atoms with Crippen LogP contribution in [0.5, 0.6) is 0 Å². The monoisotopic (exact) mass is 458 g/mol. The average molecular weight is 459 g/mol. The molecule has 0 saturated heterocycles. The highest BCUT2D eigenvalue weighted by atomic mass is 35.5. The number of aromatic nitrogens is 2. The van der Waals surface area contributed by atoms with E-state index in [1.165, 1.54) is 6.07 Å². The first kappa shape index (κ1) is 21.2. The number of alkyl halides is 3. The number of hydrogen-bond acceptors (Lipinski definition) is 1. The smallest absolute Gasteiger partial charge is 0.338 e. The fraction of sp³-hybridized carbons (Fsp3) is 0.0417. The van der Waals surface area contributed by atoms with Gasteiger partial charge in [0.1, 0.15) is 5.82 Å². The number of halogens is 5. The van der Waals surface area contributed by atoms with E-state index in [4.69, 9.17) is 23.2 Å². The van der Waals surface area contributed by atoms with Crippen LogP contribution in [0.4, 0.5) is 13.2 Å². The van der Waals surface area contributed by atoms with E-state index in [1.54, 1.807) is 36.5 Å². The Morgan fingerprint density at radius 2 is 1.61 bits per heavy atom. The molecule has 1 N–H and O–H groups in total. The van der Waals surface area contributed by atoms with Crippen LogP contribution in [0.3, 0.4) is 0 Å². The normalized spacial score (nSPS) is 11.9. The number of nitrogens with zero attached hydrogens (tertiary/aromatic N) is 1. The predicted molar refractivity (Wildman–Crippen MR) is 120 cm³/mol. The fourth-order valence-corrected chi connectivity index (χ4v) is 3.61. The summed E-state index contributed by atoms with van der Waals surface area (Å²) in [6, 6.07) is 17.8. The van der Waals surface area contributed by atoms with Crippen LogP contribution in [-0.4, -0.2) is 9.97 Å². The van der Waals surface area contributed by atoms with Crippen LogP contribution in [0.25, 0.3) is 34.5 Å². The van der Waals surface area contributed by atoms with Crippen molar-refractivity contribution >= 4 is 35.4 Å². The maximum atomic E-state index is 12.9. The van der Waals surface area contributed by atoms with Gasteiger partial charge >= 0.3 is 6.18 Å². The van der Waals surface area contributed by atoms with E-state index in [0.717, 1.165) is 29.0 Å². The molecule has 0 aliphatic carbocycles. The van der Waals surface area contributed by atoms with Gasteiger partial charge in [-0.1, -0.05) is 65.7 Å². The van der Waals surface area contributed by atoms with Crippen LogP contribution in [0, 0.1) is 0 Å². The molecule has 0 atom stereocenters. The number of hydrogen-bond donors (Lipinski definition) is 1. The maximum absolute atomic E-state index is 12.9. The summed E-state index contributed by atoms with van der Waals surface area (Å²) in [5.74, 6) is 0.642. The molecule has 1 heterocycles. The summed E-state index contributed by atoms with van der Waals surface area (Å²) < 4.78 is 38.8. The van der Waals surface area contributed by atoms with Crippen molar-refractivity contribution in [2.75, 3.05) is 0 Å². The minimum atomic E-state index is -4.36. The first-order valence-corrected chi connectivity index (χ1v) is 10.0. The Hall–Kier alpha value is -3.02. The van der Waals surface area contributed by atoms with E-state index >= 15 is 0 Å². The molecule has 0 spiro atoms. The van der Waals surface area contributed by atoms with Crippen LogP contribution < -0.4 is 0 Å². The Balaban J connectivity index is 1.50. The van der Waals surface area contributed by atoms with Gasteiger partial charge in [0.15, 0.2) is 0 Å². The summed E-state index contributed by atoms with van der Waals surface area (Å²) in [7, 11) is 0. The van der Waals surface area contributed by atoms with Gasteiger partial charge in [-0.3, -0.25) is 0 Å². The summed E-state index contributed by atoms with van der Waals surface area (Å²) in [6.07, 6.45) is 0.997. The number of aromatic amines is 1. The molecule has 1 aromatic heterocycles. The van der Waals surface area contributed by atoms with Crippen molar-refractivity contribution in [3.8, 4) is 22.4 Å². The first-order valence-electron chi connectivity index (χ1n) is 9.26. The van der Waals surface area contributed by atoms with E-state index in [9.17, 15) is 13.2 Å². The van der Waals surface area contributed by atoms with Gasteiger partial charge in [-0.2, -0.15) is 13.2 Å². The molecule has 156 valence electrons. The Bertz CT molecular complexity index is 1240. The molecule has 0 unspecified atom stereocenters. The molecule has 0 aliphatic rings. The van der Waals surface area contributed by atoms with Gasteiger partial charge in [-0.25, -0.2) is 4.98 Å². The Morgan fingerprint density at radius 3 is 2.32 bits per heavy atom. The number of imidazole rings is 1. The zero-order valence-corrected chi connectivity index (χ0v) is 17.4. The predicted octanol–water partition coefficient (Wildman–Crippen LogP) is 8.24. The van der Waals surface area contributed by atoms with Crippen molar-refractivity contribution in [1.29, 1.82) is 0 Å². The van der Waals surface area contributed by atoms with Crippen molar-refractivity contribution < 1.29 is 13.2 Å². The largest absolute Gasteiger partial charge is 0.416 e. The molecular formula is C24H15Cl2F3N2. The second-order valence-corrected chi connectivity index (χ2v) is 7.68. The zero-order chi connectivity index (χ0) is 22.0. The Morgan fingerprint density at radius 1 is 0.839 bits per heavy atom. The van der Waals surface area contributed by atoms with Gasteiger partial charge < -0.3 is 4.98 Å². The fourth-order valence-electron chi connectivity index (χ4n) is 3.10. The molecule has 3 aromatic carbocycles. The highest BCUT2D eigenvalue weighted by Crippen LogP contribution is 2.32. The summed E-state index contributed by atoms with van der Waals surface area (Å²) in [5.41, 5.74) is 3.01. The molecule has 2 nitrogen and oxygen atoms in total. The molecule has 31 heavy (non-hydrogen) atoms. The molecular weight excluding hydrogens is 444 g/mol. The van der Waals surface area contributed by atoms with Crippen LogP contribution in [0.2, 0.25) is 10.0 Å². The van der Waals surface area contributed by atoms with Gasteiger partial charge in [-0.05, 0) is 53.1 Å². The quantitative estimate of drug-likeness (QED) is 0.327. The Labute approximate surface area is 187 Å². The van der Waals surface area contributed by atoms with Gasteiger partial charge in [0.05, 0.1) is 22.5 Å². The van der Waals surface area contributed by atoms with Crippen molar-refractivity contribution in [2.45, 2.75) is 6.18 Å². The topological polar surface area (TPSA) is 28.7 Å². The van der Waals surface area contributed by atoms with E-state index in [2.05, 4.69) is 9.97 Å². The van der Waals surface area contributed by atoms with Gasteiger partial charge in [0, 0.05) is 10.6 Å². The average Bonchev–Trinajstić information content (AvgIpc) is 3.21. The molecule has 4 aromatic rings. The van der Waals surface area contributed by atoms with E-state index in [-0.39, 0.29) is 0 Å². The van der Waals surface area contributed by atoms with Crippen molar-refractivity contribution in [3.63, 3.8) is 0 Å². The summed E-state index contributed by atoms with van der Waals surface area (Å²) in [6.45, 7) is 0. The van der Waals surface area contributed by atoms with E-state index < -0.39 is 11.7 Å². The van der Waals surface area contributed by atoms with Crippen LogP contribution in [0.1, 0.15) is 17.0 Å². The lowest BCUT2D eigenvalue weighted by atomic mass is 10.0. The third-order valence-electron chi connectivity index (χ3n) is 4.68. The zero-order valence-electron chi connectivity index (χ0n) is 15.9. The minimum Gasteiger partial charge on any atom is -0.338 e. The van der Waals surface area contributed by atoms with Crippen molar-refractivity contribution in [3.05, 3.63) is 99.9 Å². The second-order valence-electron chi connectivity index (χ2n) is 6.84. The third kappa shape index (κ3) is 5.01. The van der Waals surface area contributed by atoms with Gasteiger partial charge in [-0.15, -0.1) is 0 Å². The standard InChI is InChI=1S/C24H15Cl2F3N2/c25-19-9-10-20(21(26)13-19)22-14-30-23(31-22)11-6-15-4-7-16(8-5-15)17-2-1-3-18(12-17)24(27,28)29/h1-14H,(H,30,31)/b11-6+. The van der Waals surface area contributed by atoms with Crippen LogP contribution >= 0.6 is 23.2 Å². The highest BCUT2D eigenvalue weighted by molar-refractivity contribution is 6.36. The van der Waals surface area contributed by atoms with Crippen LogP contribution in [0.15, 0.2) is 72.9 Å². The lowest BCUT2D eigenvalue weighted by molar-refractivity contribution is -0.137. The number of rotatable bonds is 4. The molecule has 0 radical (unpaired) electrons. The summed E-state index contributed by atoms with van der Waals surface area (Å²) in [5, 5.41) is 1.08. The Kier molecular flexibility index (Phi) is 5.90. The molecule has 0 bridgehead atoms. The van der Waals surface area contributed by atoms with Crippen molar-refractivity contribution in [2.24, 2.45) is 0 Å². The van der Waals surface area contributed by atoms with Crippen LogP contribution in [-0.2, 0) is 6.18 Å². The third-order valence-corrected chi connectivity index (χ3v) is 5.23. The summed E-state index contributed by atoms with van der Waals surface area (Å²) in [4.78, 5) is 7.51. The molecule has 0 fully saturated rings.